The van der Waals surface area contributed by atoms with Crippen LogP contribution in [0.15, 0.2) is 42.0 Å². The van der Waals surface area contributed by atoms with E-state index in [1.807, 2.05) is 0 Å². The van der Waals surface area contributed by atoms with E-state index in [0.717, 1.165) is 19.4 Å². The zero-order valence-corrected chi connectivity index (χ0v) is 17.0. The molecule has 2 aromatic heterocycles. The minimum atomic E-state index is -0.161. The summed E-state index contributed by atoms with van der Waals surface area (Å²) >= 11 is 8.12. The number of piperidine rings is 1. The number of hydrogen-bond acceptors (Lipinski definition) is 6. The van der Waals surface area contributed by atoms with Crippen LogP contribution in [0.1, 0.15) is 34.1 Å². The normalized spacial score (nSPS) is 20.2. The smallest absolute Gasteiger partial charge is 0.252 e. The largest absolute Gasteiger partial charge is 0.352 e. The third-order valence-electron chi connectivity index (χ3n) is 5.18. The van der Waals surface area contributed by atoms with Gasteiger partial charge in [-0.25, -0.2) is 4.68 Å². The number of halogens is 1. The van der Waals surface area contributed by atoms with Crippen molar-refractivity contribution in [3.63, 3.8) is 0 Å². The maximum atomic E-state index is 12.7. The van der Waals surface area contributed by atoms with Gasteiger partial charge in [0.05, 0.1) is 16.3 Å². The summed E-state index contributed by atoms with van der Waals surface area (Å²) in [5.41, 5.74) is 1.16. The van der Waals surface area contributed by atoms with E-state index in [0.29, 0.717) is 34.8 Å². The summed E-state index contributed by atoms with van der Waals surface area (Å²) in [6.45, 7) is 1.70. The van der Waals surface area contributed by atoms with E-state index in [1.165, 1.54) is 15.9 Å². The second kappa shape index (κ2) is 8.38. The van der Waals surface area contributed by atoms with E-state index in [9.17, 15) is 4.79 Å². The molecule has 0 spiro atoms. The topological polar surface area (TPSA) is 75.9 Å². The molecule has 1 aliphatic heterocycles. The zero-order chi connectivity index (χ0) is 19.5. The first kappa shape index (κ1) is 19.0. The van der Waals surface area contributed by atoms with Crippen LogP contribution < -0.4 is 5.32 Å². The van der Waals surface area contributed by atoms with Gasteiger partial charge in [-0.15, -0.1) is 16.4 Å². The lowest BCUT2D eigenvalue weighted by Crippen LogP contribution is -2.41. The van der Waals surface area contributed by atoms with Crippen molar-refractivity contribution in [2.75, 3.05) is 20.1 Å². The number of hydrogen-bond donors (Lipinski definition) is 1. The van der Waals surface area contributed by atoms with Crippen molar-refractivity contribution < 1.29 is 4.79 Å². The van der Waals surface area contributed by atoms with Gasteiger partial charge in [-0.1, -0.05) is 17.7 Å². The molecule has 4 rings (SSSR count). The number of carbonyl (C=O) groups excluding carboxylic acids is 1. The third kappa shape index (κ3) is 3.94. The van der Waals surface area contributed by atoms with Crippen LogP contribution in [-0.2, 0) is 0 Å². The first-order valence-corrected chi connectivity index (χ1v) is 10.4. The SMILES string of the molecule is CN1CCCC(CNC(=O)c2ccc(-n3cnnn3)cc2Cl)C1c1cccs1. The Hall–Kier alpha value is -2.29. The molecule has 1 N–H and O–H groups in total. The van der Waals surface area contributed by atoms with Gasteiger partial charge in [0.15, 0.2) is 0 Å². The van der Waals surface area contributed by atoms with Crippen LogP contribution >= 0.6 is 22.9 Å². The highest BCUT2D eigenvalue weighted by atomic mass is 35.5. The van der Waals surface area contributed by atoms with E-state index < -0.39 is 0 Å². The van der Waals surface area contributed by atoms with E-state index in [4.69, 9.17) is 11.6 Å². The van der Waals surface area contributed by atoms with Gasteiger partial charge in [0.1, 0.15) is 6.33 Å². The van der Waals surface area contributed by atoms with E-state index in [1.54, 1.807) is 29.5 Å². The summed E-state index contributed by atoms with van der Waals surface area (Å²) in [6.07, 6.45) is 3.72. The lowest BCUT2D eigenvalue weighted by molar-refractivity contribution is 0.0895. The van der Waals surface area contributed by atoms with Crippen molar-refractivity contribution in [3.8, 4) is 5.69 Å². The van der Waals surface area contributed by atoms with Gasteiger partial charge < -0.3 is 5.32 Å². The number of carbonyl (C=O) groups is 1. The minimum Gasteiger partial charge on any atom is -0.352 e. The third-order valence-corrected chi connectivity index (χ3v) is 6.43. The summed E-state index contributed by atoms with van der Waals surface area (Å²) in [5.74, 6) is 0.215. The Morgan fingerprint density at radius 1 is 1.39 bits per heavy atom. The van der Waals surface area contributed by atoms with Crippen molar-refractivity contribution in [2.24, 2.45) is 5.92 Å². The standard InChI is InChI=1S/C19H21ClN6OS/c1-25-8-2-4-13(18(25)17-5-3-9-28-17)11-21-19(27)15-7-6-14(10-16(15)20)26-12-22-23-24-26/h3,5-7,9-10,12-13,18H,2,4,8,11H2,1H3,(H,21,27). The van der Waals surface area contributed by atoms with Crippen molar-refractivity contribution in [2.45, 2.75) is 18.9 Å². The predicted molar refractivity (Wildman–Crippen MR) is 109 cm³/mol. The second-order valence-electron chi connectivity index (χ2n) is 6.97. The van der Waals surface area contributed by atoms with Crippen LogP contribution in [0.5, 0.6) is 0 Å². The summed E-state index contributed by atoms with van der Waals surface area (Å²) in [6, 6.07) is 9.78. The Kier molecular flexibility index (Phi) is 5.70. The van der Waals surface area contributed by atoms with Gasteiger partial charge in [0.2, 0.25) is 0 Å². The van der Waals surface area contributed by atoms with Gasteiger partial charge in [0.25, 0.3) is 5.91 Å². The molecule has 28 heavy (non-hydrogen) atoms. The molecule has 2 atom stereocenters. The molecule has 1 aromatic carbocycles. The molecule has 7 nitrogen and oxygen atoms in total. The van der Waals surface area contributed by atoms with Crippen LogP contribution in [-0.4, -0.2) is 51.2 Å². The monoisotopic (exact) mass is 416 g/mol. The average Bonchev–Trinajstić information content (AvgIpc) is 3.40. The highest BCUT2D eigenvalue weighted by Crippen LogP contribution is 2.36. The van der Waals surface area contributed by atoms with Gasteiger partial charge in [-0.3, -0.25) is 9.69 Å². The fraction of sp³-hybridized carbons (Fsp3) is 0.368. The first-order valence-electron chi connectivity index (χ1n) is 9.18. The Bertz CT molecular complexity index is 930. The van der Waals surface area contributed by atoms with Crippen molar-refractivity contribution in [1.29, 1.82) is 0 Å². The number of nitrogens with one attached hydrogen (secondary N) is 1. The maximum absolute atomic E-state index is 12.7. The number of nitrogens with zero attached hydrogens (tertiary/aromatic N) is 5. The number of amides is 1. The molecule has 1 amide bonds. The highest BCUT2D eigenvalue weighted by Gasteiger charge is 2.31. The fourth-order valence-electron chi connectivity index (χ4n) is 3.81. The molecule has 0 saturated carbocycles. The second-order valence-corrected chi connectivity index (χ2v) is 8.36. The van der Waals surface area contributed by atoms with Crippen molar-refractivity contribution >= 4 is 28.8 Å². The number of rotatable bonds is 5. The van der Waals surface area contributed by atoms with Crippen LogP contribution in [0.4, 0.5) is 0 Å². The Labute approximate surface area is 172 Å². The van der Waals surface area contributed by atoms with Gasteiger partial charge in [-0.2, -0.15) is 0 Å². The summed E-state index contributed by atoms with van der Waals surface area (Å²) in [5, 5.41) is 16.6. The van der Waals surface area contributed by atoms with Crippen LogP contribution in [0.2, 0.25) is 5.02 Å². The summed E-state index contributed by atoms with van der Waals surface area (Å²) < 4.78 is 1.50. The lowest BCUT2D eigenvalue weighted by Gasteiger charge is -2.38. The Morgan fingerprint density at radius 3 is 3.00 bits per heavy atom. The molecule has 0 radical (unpaired) electrons. The Morgan fingerprint density at radius 2 is 2.29 bits per heavy atom. The molecule has 0 bridgehead atoms. The average molecular weight is 417 g/mol. The fourth-order valence-corrected chi connectivity index (χ4v) is 5.06. The number of benzene rings is 1. The van der Waals surface area contributed by atoms with Crippen LogP contribution in [0.25, 0.3) is 5.69 Å². The van der Waals surface area contributed by atoms with E-state index in [2.05, 4.69) is 50.3 Å². The molecule has 9 heteroatoms. The van der Waals surface area contributed by atoms with Crippen LogP contribution in [0.3, 0.4) is 0 Å². The molecular formula is C19H21ClN6OS. The first-order chi connectivity index (χ1) is 13.6. The van der Waals surface area contributed by atoms with E-state index >= 15 is 0 Å². The number of likely N-dealkylation sites (tertiary alicyclic amines) is 1. The molecule has 0 aliphatic carbocycles. The zero-order valence-electron chi connectivity index (χ0n) is 15.5. The molecule has 3 heterocycles. The number of thiophene rings is 1. The minimum absolute atomic E-state index is 0.161. The predicted octanol–water partition coefficient (Wildman–Crippen LogP) is 3.19. The highest BCUT2D eigenvalue weighted by molar-refractivity contribution is 7.10. The summed E-state index contributed by atoms with van der Waals surface area (Å²) in [4.78, 5) is 16.5. The molecule has 1 saturated heterocycles. The number of aromatic nitrogens is 4. The summed E-state index contributed by atoms with van der Waals surface area (Å²) in [7, 11) is 2.16. The van der Waals surface area contributed by atoms with Crippen LogP contribution in [0, 0.1) is 5.92 Å². The lowest BCUT2D eigenvalue weighted by atomic mass is 9.88. The molecule has 3 aromatic rings. The maximum Gasteiger partial charge on any atom is 0.252 e. The number of tetrazole rings is 1. The van der Waals surface area contributed by atoms with E-state index in [-0.39, 0.29) is 5.91 Å². The molecule has 146 valence electrons. The molecule has 1 fully saturated rings. The molecule has 2 unspecified atom stereocenters. The van der Waals surface area contributed by atoms with Gasteiger partial charge >= 0.3 is 0 Å². The Balaban J connectivity index is 1.45. The van der Waals surface area contributed by atoms with Crippen molar-refractivity contribution in [1.82, 2.24) is 30.4 Å². The molecule has 1 aliphatic rings. The van der Waals surface area contributed by atoms with Gasteiger partial charge in [-0.05, 0) is 72.4 Å². The van der Waals surface area contributed by atoms with Gasteiger partial charge in [0, 0.05) is 17.5 Å². The van der Waals surface area contributed by atoms with Crippen molar-refractivity contribution in [3.05, 3.63) is 57.5 Å². The molecular weight excluding hydrogens is 396 g/mol. The quantitative estimate of drug-likeness (QED) is 0.691.